The van der Waals surface area contributed by atoms with Gasteiger partial charge in [-0.1, -0.05) is 46.3 Å². The third-order valence-corrected chi connectivity index (χ3v) is 4.09. The lowest BCUT2D eigenvalue weighted by Crippen LogP contribution is -2.00. The van der Waals surface area contributed by atoms with Crippen LogP contribution in [0.5, 0.6) is 0 Å². The molecule has 1 heterocycles. The molecule has 3 heteroatoms. The number of pyridine rings is 1. The summed E-state index contributed by atoms with van der Waals surface area (Å²) in [6.07, 6.45) is -0.642. The highest BCUT2D eigenvalue weighted by atomic mass is 79.9. The molecule has 3 aromatic rings. The molecule has 0 saturated carbocycles. The molecule has 2 aromatic carbocycles. The maximum atomic E-state index is 10.5. The van der Waals surface area contributed by atoms with Crippen LogP contribution >= 0.6 is 15.9 Å². The second kappa shape index (κ2) is 5.35. The van der Waals surface area contributed by atoms with E-state index in [1.54, 1.807) is 0 Å². The first-order valence-electron chi connectivity index (χ1n) is 6.45. The Labute approximate surface area is 126 Å². The van der Waals surface area contributed by atoms with Gasteiger partial charge in [-0.2, -0.15) is 0 Å². The van der Waals surface area contributed by atoms with Crippen molar-refractivity contribution in [2.45, 2.75) is 13.0 Å². The lowest BCUT2D eigenvalue weighted by atomic mass is 10.00. The predicted molar refractivity (Wildman–Crippen MR) is 84.7 cm³/mol. The van der Waals surface area contributed by atoms with Gasteiger partial charge >= 0.3 is 0 Å². The van der Waals surface area contributed by atoms with Crippen LogP contribution in [0.4, 0.5) is 0 Å². The second-order valence-corrected chi connectivity index (χ2v) is 5.68. The summed E-state index contributed by atoms with van der Waals surface area (Å²) < 4.78 is 0.912. The third-order valence-electron chi connectivity index (χ3n) is 3.37. The van der Waals surface area contributed by atoms with E-state index in [0.29, 0.717) is 0 Å². The summed E-state index contributed by atoms with van der Waals surface area (Å²) in [6.45, 7) is 1.98. The maximum absolute atomic E-state index is 10.5. The molecule has 0 bridgehead atoms. The molecule has 1 aromatic heterocycles. The van der Waals surface area contributed by atoms with Gasteiger partial charge in [-0.3, -0.25) is 4.98 Å². The normalized spacial score (nSPS) is 12.6. The van der Waals surface area contributed by atoms with Gasteiger partial charge in [0, 0.05) is 15.6 Å². The molecule has 2 nitrogen and oxygen atoms in total. The fourth-order valence-electron chi connectivity index (χ4n) is 2.29. The average Bonchev–Trinajstić information content (AvgIpc) is 2.46. The van der Waals surface area contributed by atoms with E-state index >= 15 is 0 Å². The minimum absolute atomic E-state index is 0.642. The number of aliphatic hydroxyl groups excluding tert-OH is 1. The van der Waals surface area contributed by atoms with Crippen LogP contribution < -0.4 is 0 Å². The Morgan fingerprint density at radius 2 is 1.85 bits per heavy atom. The molecule has 1 atom stereocenters. The maximum Gasteiger partial charge on any atom is 0.105 e. The fourth-order valence-corrected chi connectivity index (χ4v) is 2.79. The smallest absolute Gasteiger partial charge is 0.105 e. The molecule has 0 aliphatic heterocycles. The zero-order valence-corrected chi connectivity index (χ0v) is 12.6. The van der Waals surface area contributed by atoms with E-state index in [-0.39, 0.29) is 0 Å². The number of rotatable bonds is 2. The van der Waals surface area contributed by atoms with Crippen molar-refractivity contribution in [1.29, 1.82) is 0 Å². The molecule has 20 heavy (non-hydrogen) atoms. The van der Waals surface area contributed by atoms with Crippen molar-refractivity contribution in [2.24, 2.45) is 0 Å². The Bertz CT molecular complexity index is 770. The van der Waals surface area contributed by atoms with E-state index in [0.717, 1.165) is 32.2 Å². The van der Waals surface area contributed by atoms with Gasteiger partial charge in [0.25, 0.3) is 0 Å². The second-order valence-electron chi connectivity index (χ2n) is 4.83. The lowest BCUT2D eigenvalue weighted by molar-refractivity contribution is 0.219. The topological polar surface area (TPSA) is 33.1 Å². The van der Waals surface area contributed by atoms with E-state index in [1.165, 1.54) is 0 Å². The molecule has 0 saturated heterocycles. The molecule has 1 unspecified atom stereocenters. The zero-order valence-electron chi connectivity index (χ0n) is 11.0. The van der Waals surface area contributed by atoms with Gasteiger partial charge in [-0.25, -0.2) is 0 Å². The van der Waals surface area contributed by atoms with Gasteiger partial charge in [-0.15, -0.1) is 0 Å². The number of hydrogen-bond donors (Lipinski definition) is 1. The van der Waals surface area contributed by atoms with Gasteiger partial charge in [-0.05, 0) is 42.3 Å². The quantitative estimate of drug-likeness (QED) is 0.757. The van der Waals surface area contributed by atoms with E-state index in [9.17, 15) is 5.11 Å². The molecule has 0 fully saturated rings. The minimum atomic E-state index is -0.642. The molecule has 0 amide bonds. The summed E-state index contributed by atoms with van der Waals surface area (Å²) in [5, 5.41) is 11.6. The van der Waals surface area contributed by atoms with Gasteiger partial charge < -0.3 is 5.11 Å². The number of benzene rings is 2. The monoisotopic (exact) mass is 327 g/mol. The summed E-state index contributed by atoms with van der Waals surface area (Å²) in [6, 6.07) is 17.6. The van der Waals surface area contributed by atoms with Crippen LogP contribution in [0.25, 0.3) is 10.9 Å². The highest BCUT2D eigenvalue weighted by Crippen LogP contribution is 2.29. The van der Waals surface area contributed by atoms with Crippen molar-refractivity contribution >= 4 is 26.8 Å². The summed E-state index contributed by atoms with van der Waals surface area (Å²) in [5.41, 5.74) is 3.69. The van der Waals surface area contributed by atoms with Crippen molar-refractivity contribution < 1.29 is 5.11 Å². The van der Waals surface area contributed by atoms with Crippen molar-refractivity contribution in [1.82, 2.24) is 4.98 Å². The minimum Gasteiger partial charge on any atom is -0.384 e. The van der Waals surface area contributed by atoms with Gasteiger partial charge in [0.05, 0.1) is 5.52 Å². The zero-order chi connectivity index (χ0) is 14.1. The highest BCUT2D eigenvalue weighted by Gasteiger charge is 2.13. The van der Waals surface area contributed by atoms with E-state index in [1.807, 2.05) is 61.5 Å². The Kier molecular flexibility index (Phi) is 3.55. The van der Waals surface area contributed by atoms with Crippen molar-refractivity contribution in [3.8, 4) is 0 Å². The average molecular weight is 328 g/mol. The first-order valence-corrected chi connectivity index (χ1v) is 7.24. The van der Waals surface area contributed by atoms with E-state index < -0.39 is 6.10 Å². The van der Waals surface area contributed by atoms with Crippen molar-refractivity contribution in [2.75, 3.05) is 0 Å². The molecular weight excluding hydrogens is 314 g/mol. The van der Waals surface area contributed by atoms with Crippen molar-refractivity contribution in [3.63, 3.8) is 0 Å². The SMILES string of the molecule is Cc1ccc2cc(C(O)c3ccccc3Br)ccc2n1. The first kappa shape index (κ1) is 13.3. The molecule has 0 aliphatic carbocycles. The Balaban J connectivity index is 2.06. The lowest BCUT2D eigenvalue weighted by Gasteiger charge is -2.14. The molecule has 3 rings (SSSR count). The molecule has 0 aliphatic rings. The molecule has 0 radical (unpaired) electrons. The largest absolute Gasteiger partial charge is 0.384 e. The van der Waals surface area contributed by atoms with Crippen molar-refractivity contribution in [3.05, 3.63) is 75.9 Å². The Hall–Kier alpha value is -1.71. The van der Waals surface area contributed by atoms with Crippen LogP contribution in [0.15, 0.2) is 59.1 Å². The van der Waals surface area contributed by atoms with Crippen LogP contribution in [-0.4, -0.2) is 10.1 Å². The van der Waals surface area contributed by atoms with Crippen LogP contribution in [0.1, 0.15) is 22.9 Å². The summed E-state index contributed by atoms with van der Waals surface area (Å²) in [7, 11) is 0. The molecule has 1 N–H and O–H groups in total. The number of aliphatic hydroxyl groups is 1. The van der Waals surface area contributed by atoms with E-state index in [4.69, 9.17) is 0 Å². The number of hydrogen-bond acceptors (Lipinski definition) is 2. The van der Waals surface area contributed by atoms with Crippen LogP contribution in [0.2, 0.25) is 0 Å². The molecule has 0 spiro atoms. The number of nitrogens with zero attached hydrogens (tertiary/aromatic N) is 1. The number of aryl methyl sites for hydroxylation is 1. The van der Waals surface area contributed by atoms with Crippen LogP contribution in [0, 0.1) is 6.92 Å². The molecule has 100 valence electrons. The predicted octanol–water partition coefficient (Wildman–Crippen LogP) is 4.39. The van der Waals surface area contributed by atoms with Crippen LogP contribution in [-0.2, 0) is 0 Å². The van der Waals surface area contributed by atoms with Gasteiger partial charge in [0.1, 0.15) is 6.10 Å². The van der Waals surface area contributed by atoms with Gasteiger partial charge in [0.2, 0.25) is 0 Å². The number of halogens is 1. The fraction of sp³-hybridized carbons (Fsp3) is 0.118. The van der Waals surface area contributed by atoms with Crippen LogP contribution in [0.3, 0.4) is 0 Å². The standard InChI is InChI=1S/C17H14BrNO/c1-11-6-7-12-10-13(8-9-16(12)19-11)17(20)14-4-2-3-5-15(14)18/h2-10,17,20H,1H3. The third kappa shape index (κ3) is 2.47. The Morgan fingerprint density at radius 3 is 2.65 bits per heavy atom. The summed E-state index contributed by atoms with van der Waals surface area (Å²) in [5.74, 6) is 0. The Morgan fingerprint density at radius 1 is 1.05 bits per heavy atom. The van der Waals surface area contributed by atoms with Gasteiger partial charge in [0.15, 0.2) is 0 Å². The van der Waals surface area contributed by atoms with E-state index in [2.05, 4.69) is 20.9 Å². The first-order chi connectivity index (χ1) is 9.65. The summed E-state index contributed by atoms with van der Waals surface area (Å²) >= 11 is 3.48. The highest BCUT2D eigenvalue weighted by molar-refractivity contribution is 9.10. The molecular formula is C17H14BrNO. The summed E-state index contributed by atoms with van der Waals surface area (Å²) in [4.78, 5) is 4.48. The number of fused-ring (bicyclic) bond motifs is 1. The number of aromatic nitrogens is 1.